The molecule has 19 heavy (non-hydrogen) atoms. The maximum Gasteiger partial charge on any atom is 0.165 e. The highest BCUT2D eigenvalue weighted by atomic mass is 16.5. The van der Waals surface area contributed by atoms with E-state index in [0.29, 0.717) is 12.0 Å². The molecule has 3 heteroatoms. The summed E-state index contributed by atoms with van der Waals surface area (Å²) in [5.41, 5.74) is 1.16. The van der Waals surface area contributed by atoms with Crippen LogP contribution in [0.25, 0.3) is 0 Å². The lowest BCUT2D eigenvalue weighted by Gasteiger charge is -2.30. The van der Waals surface area contributed by atoms with Crippen molar-refractivity contribution in [3.63, 3.8) is 0 Å². The molecular formula is C16H23NO2. The van der Waals surface area contributed by atoms with Gasteiger partial charge in [-0.05, 0) is 32.9 Å². The van der Waals surface area contributed by atoms with Gasteiger partial charge in [0.25, 0.3) is 0 Å². The molecule has 3 rings (SSSR count). The number of rotatable bonds is 2. The third kappa shape index (κ3) is 2.57. The average molecular weight is 261 g/mol. The Bertz CT molecular complexity index is 470. The highest BCUT2D eigenvalue weighted by Crippen LogP contribution is 2.42. The van der Waals surface area contributed by atoms with Crippen molar-refractivity contribution in [1.29, 1.82) is 0 Å². The van der Waals surface area contributed by atoms with Crippen LogP contribution in [-0.4, -0.2) is 24.8 Å². The molecule has 1 fully saturated rings. The van der Waals surface area contributed by atoms with Crippen LogP contribution in [0.15, 0.2) is 18.2 Å². The summed E-state index contributed by atoms with van der Waals surface area (Å²) in [6.07, 6.45) is 2.32. The van der Waals surface area contributed by atoms with E-state index in [1.54, 1.807) is 0 Å². The SMILES string of the molecule is CC1CNCCC1Oc1cccc2c1OC(C)(C)C2. The van der Waals surface area contributed by atoms with Crippen LogP contribution in [0, 0.1) is 5.92 Å². The first kappa shape index (κ1) is 12.8. The molecule has 2 aliphatic rings. The molecule has 0 bridgehead atoms. The Morgan fingerprint density at radius 2 is 2.21 bits per heavy atom. The fourth-order valence-corrected chi connectivity index (χ4v) is 3.01. The number of para-hydroxylation sites is 1. The second-order valence-electron chi connectivity index (χ2n) is 6.41. The van der Waals surface area contributed by atoms with Crippen molar-refractivity contribution in [3.05, 3.63) is 23.8 Å². The summed E-state index contributed by atoms with van der Waals surface area (Å²) < 4.78 is 12.3. The van der Waals surface area contributed by atoms with Gasteiger partial charge in [-0.25, -0.2) is 0 Å². The molecule has 3 nitrogen and oxygen atoms in total. The molecular weight excluding hydrogens is 238 g/mol. The molecule has 2 atom stereocenters. The molecule has 0 radical (unpaired) electrons. The van der Waals surface area contributed by atoms with Crippen LogP contribution in [0.4, 0.5) is 0 Å². The van der Waals surface area contributed by atoms with Crippen LogP contribution in [0.1, 0.15) is 32.8 Å². The largest absolute Gasteiger partial charge is 0.486 e. The van der Waals surface area contributed by atoms with Crippen LogP contribution in [0.2, 0.25) is 0 Å². The highest BCUT2D eigenvalue weighted by molar-refractivity contribution is 5.50. The second kappa shape index (κ2) is 4.71. The highest BCUT2D eigenvalue weighted by Gasteiger charge is 2.33. The third-order valence-electron chi connectivity index (χ3n) is 4.04. The van der Waals surface area contributed by atoms with Gasteiger partial charge in [0, 0.05) is 24.4 Å². The van der Waals surface area contributed by atoms with Gasteiger partial charge >= 0.3 is 0 Å². The van der Waals surface area contributed by atoms with E-state index in [0.717, 1.165) is 37.4 Å². The molecule has 104 valence electrons. The van der Waals surface area contributed by atoms with E-state index in [9.17, 15) is 0 Å². The first-order chi connectivity index (χ1) is 9.05. The van der Waals surface area contributed by atoms with E-state index >= 15 is 0 Å². The lowest BCUT2D eigenvalue weighted by molar-refractivity contribution is 0.0944. The summed E-state index contributed by atoms with van der Waals surface area (Å²) in [5.74, 6) is 2.42. The number of ether oxygens (including phenoxy) is 2. The Morgan fingerprint density at radius 1 is 1.37 bits per heavy atom. The molecule has 0 aromatic heterocycles. The molecule has 0 saturated carbocycles. The Morgan fingerprint density at radius 3 is 3.00 bits per heavy atom. The minimum atomic E-state index is -0.110. The lowest BCUT2D eigenvalue weighted by atomic mass is 9.98. The number of nitrogens with one attached hydrogen (secondary N) is 1. The molecule has 0 amide bonds. The quantitative estimate of drug-likeness (QED) is 0.888. The van der Waals surface area contributed by atoms with Crippen LogP contribution >= 0.6 is 0 Å². The van der Waals surface area contributed by atoms with Gasteiger partial charge in [0.2, 0.25) is 0 Å². The van der Waals surface area contributed by atoms with E-state index in [4.69, 9.17) is 9.47 Å². The van der Waals surface area contributed by atoms with E-state index in [2.05, 4.69) is 38.2 Å². The summed E-state index contributed by atoms with van der Waals surface area (Å²) in [6.45, 7) is 8.57. The molecule has 2 heterocycles. The topological polar surface area (TPSA) is 30.5 Å². The number of piperidine rings is 1. The van der Waals surface area contributed by atoms with Crippen molar-refractivity contribution in [2.24, 2.45) is 5.92 Å². The summed E-state index contributed by atoms with van der Waals surface area (Å²) in [5, 5.41) is 3.40. The Kier molecular flexibility index (Phi) is 3.17. The van der Waals surface area contributed by atoms with Crippen molar-refractivity contribution in [3.8, 4) is 11.5 Å². The summed E-state index contributed by atoms with van der Waals surface area (Å²) >= 11 is 0. The monoisotopic (exact) mass is 261 g/mol. The van der Waals surface area contributed by atoms with E-state index in [1.165, 1.54) is 5.56 Å². The molecule has 1 saturated heterocycles. The molecule has 2 aliphatic heterocycles. The predicted octanol–water partition coefficient (Wildman–Crippen LogP) is 2.78. The lowest BCUT2D eigenvalue weighted by Crippen LogP contribution is -2.41. The summed E-state index contributed by atoms with van der Waals surface area (Å²) in [7, 11) is 0. The zero-order valence-corrected chi connectivity index (χ0v) is 12.0. The summed E-state index contributed by atoms with van der Waals surface area (Å²) in [4.78, 5) is 0. The number of hydrogen-bond acceptors (Lipinski definition) is 3. The zero-order valence-electron chi connectivity index (χ0n) is 12.0. The van der Waals surface area contributed by atoms with E-state index in [1.807, 2.05) is 6.07 Å². The maximum atomic E-state index is 6.24. The predicted molar refractivity (Wildman–Crippen MR) is 75.9 cm³/mol. The van der Waals surface area contributed by atoms with Crippen molar-refractivity contribution >= 4 is 0 Å². The fourth-order valence-electron chi connectivity index (χ4n) is 3.01. The van der Waals surface area contributed by atoms with Crippen molar-refractivity contribution < 1.29 is 9.47 Å². The van der Waals surface area contributed by atoms with Gasteiger partial charge < -0.3 is 14.8 Å². The first-order valence-electron chi connectivity index (χ1n) is 7.23. The van der Waals surface area contributed by atoms with Crippen LogP contribution in [0.3, 0.4) is 0 Å². The molecule has 1 N–H and O–H groups in total. The molecule has 1 aromatic rings. The van der Waals surface area contributed by atoms with Gasteiger partial charge in [0.05, 0.1) is 0 Å². The standard InChI is InChI=1S/C16H23NO2/c1-11-10-17-8-7-13(11)18-14-6-4-5-12-9-16(2,3)19-15(12)14/h4-6,11,13,17H,7-10H2,1-3H3. The normalized spacial score (nSPS) is 28.6. The molecule has 2 unspecified atom stereocenters. The number of hydrogen-bond donors (Lipinski definition) is 1. The van der Waals surface area contributed by atoms with Crippen LogP contribution in [-0.2, 0) is 6.42 Å². The Balaban J connectivity index is 1.81. The smallest absolute Gasteiger partial charge is 0.165 e. The van der Waals surface area contributed by atoms with Gasteiger partial charge in [-0.3, -0.25) is 0 Å². The first-order valence-corrected chi connectivity index (χ1v) is 7.23. The van der Waals surface area contributed by atoms with Gasteiger partial charge in [-0.15, -0.1) is 0 Å². The third-order valence-corrected chi connectivity index (χ3v) is 4.04. The van der Waals surface area contributed by atoms with Crippen molar-refractivity contribution in [2.45, 2.75) is 45.3 Å². The number of benzene rings is 1. The van der Waals surface area contributed by atoms with Gasteiger partial charge in [-0.1, -0.05) is 19.1 Å². The Hall–Kier alpha value is -1.22. The van der Waals surface area contributed by atoms with Crippen LogP contribution < -0.4 is 14.8 Å². The summed E-state index contributed by atoms with van der Waals surface area (Å²) in [6, 6.07) is 6.25. The molecule has 1 aromatic carbocycles. The van der Waals surface area contributed by atoms with Gasteiger partial charge in [-0.2, -0.15) is 0 Å². The second-order valence-corrected chi connectivity index (χ2v) is 6.41. The maximum absolute atomic E-state index is 6.24. The van der Waals surface area contributed by atoms with E-state index < -0.39 is 0 Å². The molecule has 0 spiro atoms. The molecule has 0 aliphatic carbocycles. The fraction of sp³-hybridized carbons (Fsp3) is 0.625. The van der Waals surface area contributed by atoms with Gasteiger partial charge in [0.1, 0.15) is 11.7 Å². The Labute approximate surface area is 115 Å². The zero-order chi connectivity index (χ0) is 13.5. The van der Waals surface area contributed by atoms with E-state index in [-0.39, 0.29) is 5.60 Å². The van der Waals surface area contributed by atoms with Gasteiger partial charge in [0.15, 0.2) is 11.5 Å². The minimum Gasteiger partial charge on any atom is -0.486 e. The van der Waals surface area contributed by atoms with Crippen LogP contribution in [0.5, 0.6) is 11.5 Å². The number of fused-ring (bicyclic) bond motifs is 1. The minimum absolute atomic E-state index is 0.110. The average Bonchev–Trinajstić information content (AvgIpc) is 2.67. The van der Waals surface area contributed by atoms with Crippen molar-refractivity contribution in [1.82, 2.24) is 5.32 Å². The van der Waals surface area contributed by atoms with Crippen molar-refractivity contribution in [2.75, 3.05) is 13.1 Å².